The highest BCUT2D eigenvalue weighted by Gasteiger charge is 2.23. The zero-order valence-electron chi connectivity index (χ0n) is 9.85. The molecule has 1 atom stereocenters. The van der Waals surface area contributed by atoms with Gasteiger partial charge in [-0.25, -0.2) is 4.98 Å². The molecule has 1 unspecified atom stereocenters. The highest BCUT2D eigenvalue weighted by atomic mass is 16.3. The number of aliphatic hydroxyl groups excluding tert-OH is 1. The summed E-state index contributed by atoms with van der Waals surface area (Å²) in [6.07, 6.45) is 6.10. The van der Waals surface area contributed by atoms with E-state index in [2.05, 4.69) is 9.88 Å². The van der Waals surface area contributed by atoms with Crippen LogP contribution < -0.4 is 0 Å². The third-order valence-electron chi connectivity index (χ3n) is 3.41. The molecule has 0 aromatic carbocycles. The second kappa shape index (κ2) is 5.46. The number of aliphatic hydroxyl groups is 1. The first-order chi connectivity index (χ1) is 7.81. The number of aryl methyl sites for hydroxylation is 1. The molecule has 0 radical (unpaired) electrons. The molecule has 16 heavy (non-hydrogen) atoms. The molecule has 90 valence electrons. The van der Waals surface area contributed by atoms with Gasteiger partial charge in [0.2, 0.25) is 0 Å². The first kappa shape index (κ1) is 11.6. The molecule has 1 fully saturated rings. The molecule has 1 saturated heterocycles. The van der Waals surface area contributed by atoms with Crippen LogP contribution in [0.2, 0.25) is 0 Å². The molecule has 1 aliphatic rings. The topological polar surface area (TPSA) is 49.5 Å². The Morgan fingerprint density at radius 3 is 3.12 bits per heavy atom. The van der Waals surface area contributed by atoms with Gasteiger partial charge >= 0.3 is 0 Å². The summed E-state index contributed by atoms with van der Waals surface area (Å²) in [6, 6.07) is 0.509. The van der Waals surface area contributed by atoms with Crippen LogP contribution in [0.4, 0.5) is 0 Å². The van der Waals surface area contributed by atoms with E-state index in [1.165, 1.54) is 25.7 Å². The quantitative estimate of drug-likeness (QED) is 0.846. The van der Waals surface area contributed by atoms with Crippen LogP contribution in [0.3, 0.4) is 0 Å². The summed E-state index contributed by atoms with van der Waals surface area (Å²) in [5, 5.41) is 9.06. The Labute approximate surface area is 96.3 Å². The number of nitrogens with zero attached hydrogens (tertiary/aromatic N) is 2. The molecule has 1 aromatic heterocycles. The van der Waals surface area contributed by atoms with Crippen LogP contribution in [0.5, 0.6) is 0 Å². The lowest BCUT2D eigenvalue weighted by Gasteiger charge is -2.35. The number of hydrogen-bond donors (Lipinski definition) is 1. The fourth-order valence-electron chi connectivity index (χ4n) is 2.42. The summed E-state index contributed by atoms with van der Waals surface area (Å²) >= 11 is 0. The van der Waals surface area contributed by atoms with E-state index in [1.54, 1.807) is 0 Å². The molecule has 1 aromatic rings. The van der Waals surface area contributed by atoms with Crippen LogP contribution in [0.25, 0.3) is 0 Å². The maximum absolute atomic E-state index is 9.06. The minimum absolute atomic E-state index is 0.277. The monoisotopic (exact) mass is 224 g/mol. The van der Waals surface area contributed by atoms with E-state index in [-0.39, 0.29) is 6.61 Å². The third-order valence-corrected chi connectivity index (χ3v) is 3.41. The summed E-state index contributed by atoms with van der Waals surface area (Å²) in [4.78, 5) is 6.65. The molecule has 1 aliphatic heterocycles. The maximum Gasteiger partial charge on any atom is 0.181 e. The first-order valence-electron chi connectivity index (χ1n) is 6.05. The van der Waals surface area contributed by atoms with E-state index in [1.807, 2.05) is 6.92 Å². The predicted octanol–water partition coefficient (Wildman–Crippen LogP) is 1.72. The largest absolute Gasteiger partial charge is 0.448 e. The van der Waals surface area contributed by atoms with Gasteiger partial charge < -0.3 is 9.52 Å². The summed E-state index contributed by atoms with van der Waals surface area (Å²) < 4.78 is 5.21. The number of aromatic nitrogens is 1. The Hall–Kier alpha value is -0.870. The van der Waals surface area contributed by atoms with Gasteiger partial charge in [-0.1, -0.05) is 6.42 Å². The highest BCUT2D eigenvalue weighted by molar-refractivity contribution is 5.05. The Balaban J connectivity index is 1.98. The minimum atomic E-state index is 0.277. The Morgan fingerprint density at radius 1 is 1.56 bits per heavy atom. The SMILES string of the molecule is Cc1ocnc1CN1CCCCC1CCO. The molecule has 4 nitrogen and oxygen atoms in total. The average molecular weight is 224 g/mol. The van der Waals surface area contributed by atoms with Crippen molar-refractivity contribution >= 4 is 0 Å². The third kappa shape index (κ3) is 2.62. The zero-order valence-corrected chi connectivity index (χ0v) is 9.85. The van der Waals surface area contributed by atoms with E-state index >= 15 is 0 Å². The molecule has 0 amide bonds. The Bertz CT molecular complexity index is 323. The normalized spacial score (nSPS) is 22.5. The molecular formula is C12H20N2O2. The second-order valence-electron chi connectivity index (χ2n) is 4.49. The van der Waals surface area contributed by atoms with Crippen molar-refractivity contribution in [2.24, 2.45) is 0 Å². The predicted molar refractivity (Wildman–Crippen MR) is 61.0 cm³/mol. The van der Waals surface area contributed by atoms with Gasteiger partial charge in [-0.05, 0) is 32.7 Å². The van der Waals surface area contributed by atoms with Gasteiger partial charge in [0.25, 0.3) is 0 Å². The van der Waals surface area contributed by atoms with Crippen LogP contribution in [0.1, 0.15) is 37.1 Å². The lowest BCUT2D eigenvalue weighted by atomic mass is 9.99. The van der Waals surface area contributed by atoms with Crippen LogP contribution in [-0.2, 0) is 6.54 Å². The summed E-state index contributed by atoms with van der Waals surface area (Å²) in [6.45, 7) is 4.19. The molecule has 0 bridgehead atoms. The van der Waals surface area contributed by atoms with Crippen LogP contribution >= 0.6 is 0 Å². The molecule has 4 heteroatoms. The number of rotatable bonds is 4. The van der Waals surface area contributed by atoms with Gasteiger partial charge in [-0.2, -0.15) is 0 Å². The van der Waals surface area contributed by atoms with Crippen molar-refractivity contribution in [3.63, 3.8) is 0 Å². The minimum Gasteiger partial charge on any atom is -0.448 e. The van der Waals surface area contributed by atoms with Crippen molar-refractivity contribution in [3.8, 4) is 0 Å². The van der Waals surface area contributed by atoms with Gasteiger partial charge in [0, 0.05) is 19.2 Å². The van der Waals surface area contributed by atoms with E-state index in [9.17, 15) is 0 Å². The number of piperidine rings is 1. The average Bonchev–Trinajstić information content (AvgIpc) is 2.68. The van der Waals surface area contributed by atoms with Crippen molar-refractivity contribution in [1.82, 2.24) is 9.88 Å². The fourth-order valence-corrected chi connectivity index (χ4v) is 2.42. The van der Waals surface area contributed by atoms with Gasteiger partial charge in [-0.3, -0.25) is 4.90 Å². The van der Waals surface area contributed by atoms with Gasteiger partial charge in [0.05, 0.1) is 5.69 Å². The number of oxazole rings is 1. The Morgan fingerprint density at radius 2 is 2.44 bits per heavy atom. The van der Waals surface area contributed by atoms with Crippen molar-refractivity contribution in [2.45, 2.75) is 45.2 Å². The molecule has 0 spiro atoms. The van der Waals surface area contributed by atoms with Crippen molar-refractivity contribution in [1.29, 1.82) is 0 Å². The fraction of sp³-hybridized carbons (Fsp3) is 0.750. The van der Waals surface area contributed by atoms with Crippen molar-refractivity contribution < 1.29 is 9.52 Å². The molecular weight excluding hydrogens is 204 g/mol. The smallest absolute Gasteiger partial charge is 0.181 e. The first-order valence-corrected chi connectivity index (χ1v) is 6.05. The second-order valence-corrected chi connectivity index (χ2v) is 4.49. The molecule has 2 heterocycles. The molecule has 2 rings (SSSR count). The number of likely N-dealkylation sites (tertiary alicyclic amines) is 1. The summed E-state index contributed by atoms with van der Waals surface area (Å²) in [7, 11) is 0. The summed E-state index contributed by atoms with van der Waals surface area (Å²) in [5.74, 6) is 0.910. The molecule has 1 N–H and O–H groups in total. The zero-order chi connectivity index (χ0) is 11.4. The van der Waals surface area contributed by atoms with Gasteiger partial charge in [0.1, 0.15) is 5.76 Å². The van der Waals surface area contributed by atoms with Crippen molar-refractivity contribution in [3.05, 3.63) is 17.8 Å². The lowest BCUT2D eigenvalue weighted by molar-refractivity contribution is 0.111. The van der Waals surface area contributed by atoms with E-state index in [0.717, 1.165) is 31.0 Å². The Kier molecular flexibility index (Phi) is 3.96. The van der Waals surface area contributed by atoms with Crippen LogP contribution in [0.15, 0.2) is 10.8 Å². The summed E-state index contributed by atoms with van der Waals surface area (Å²) in [5.41, 5.74) is 1.03. The van der Waals surface area contributed by atoms with Gasteiger partial charge in [-0.15, -0.1) is 0 Å². The number of hydrogen-bond acceptors (Lipinski definition) is 4. The molecule has 0 aliphatic carbocycles. The van der Waals surface area contributed by atoms with Crippen molar-refractivity contribution in [2.75, 3.05) is 13.2 Å². The van der Waals surface area contributed by atoms with E-state index < -0.39 is 0 Å². The lowest BCUT2D eigenvalue weighted by Crippen LogP contribution is -2.39. The highest BCUT2D eigenvalue weighted by Crippen LogP contribution is 2.22. The van der Waals surface area contributed by atoms with E-state index in [0.29, 0.717) is 6.04 Å². The standard InChI is InChI=1S/C12H20N2O2/c1-10-12(13-9-16-10)8-14-6-3-2-4-11(14)5-7-15/h9,11,15H,2-8H2,1H3. The van der Waals surface area contributed by atoms with Gasteiger partial charge in [0.15, 0.2) is 6.39 Å². The van der Waals surface area contributed by atoms with Crippen LogP contribution in [0, 0.1) is 6.92 Å². The van der Waals surface area contributed by atoms with Crippen LogP contribution in [-0.4, -0.2) is 34.2 Å². The molecule has 0 saturated carbocycles. The van der Waals surface area contributed by atoms with E-state index in [4.69, 9.17) is 9.52 Å². The maximum atomic E-state index is 9.06.